The highest BCUT2D eigenvalue weighted by Gasteiger charge is 2.17. The maximum absolute atomic E-state index is 11.7. The molecule has 0 saturated carbocycles. The molecule has 0 spiro atoms. The molecule has 2 aromatic rings. The fourth-order valence-corrected chi connectivity index (χ4v) is 2.26. The van der Waals surface area contributed by atoms with Gasteiger partial charge in [0.05, 0.1) is 11.4 Å². The predicted molar refractivity (Wildman–Crippen MR) is 93.0 cm³/mol. The summed E-state index contributed by atoms with van der Waals surface area (Å²) in [5, 5.41) is 3.46. The van der Waals surface area contributed by atoms with Crippen LogP contribution >= 0.6 is 11.6 Å². The Morgan fingerprint density at radius 3 is 2.50 bits per heavy atom. The molecule has 1 aliphatic rings. The Bertz CT molecular complexity index is 681. The number of carbonyl (C=O) groups is 1. The zero-order chi connectivity index (χ0) is 15.9. The Kier molecular flexibility index (Phi) is 5.73. The van der Waals surface area contributed by atoms with Gasteiger partial charge in [-0.25, -0.2) is 0 Å². The normalized spacial score (nSPS) is 13.0. The Balaban J connectivity index is 0.000000545. The lowest BCUT2D eigenvalue weighted by molar-refractivity contribution is -0.114. The molecule has 1 N–H and O–H groups in total. The van der Waals surface area contributed by atoms with E-state index in [2.05, 4.69) is 24.2 Å². The number of anilines is 1. The van der Waals surface area contributed by atoms with Gasteiger partial charge >= 0.3 is 0 Å². The number of benzene rings is 2. The second-order valence-electron chi connectivity index (χ2n) is 4.98. The maximum Gasteiger partial charge on any atom is 0.246 e. The molecule has 3 rings (SSSR count). The molecule has 1 aliphatic heterocycles. The average molecular weight is 315 g/mol. The highest BCUT2D eigenvalue weighted by Crippen LogP contribution is 2.25. The van der Waals surface area contributed by atoms with Crippen LogP contribution in [0.3, 0.4) is 0 Å². The van der Waals surface area contributed by atoms with Crippen molar-refractivity contribution in [2.75, 3.05) is 11.9 Å². The van der Waals surface area contributed by atoms with Crippen molar-refractivity contribution < 1.29 is 4.79 Å². The molecule has 0 bridgehead atoms. The van der Waals surface area contributed by atoms with Crippen LogP contribution in [0.2, 0.25) is 5.02 Å². The first-order valence-corrected chi connectivity index (χ1v) is 7.73. The van der Waals surface area contributed by atoms with Gasteiger partial charge in [-0.15, -0.1) is 0 Å². The van der Waals surface area contributed by atoms with E-state index in [-0.39, 0.29) is 12.5 Å². The van der Waals surface area contributed by atoms with E-state index in [0.717, 1.165) is 22.5 Å². The lowest BCUT2D eigenvalue weighted by Crippen LogP contribution is -2.13. The van der Waals surface area contributed by atoms with Gasteiger partial charge in [0.2, 0.25) is 5.91 Å². The molecule has 1 amide bonds. The Hall–Kier alpha value is -2.13. The van der Waals surface area contributed by atoms with Gasteiger partial charge < -0.3 is 5.32 Å². The van der Waals surface area contributed by atoms with Crippen molar-refractivity contribution in [3.63, 3.8) is 0 Å². The Morgan fingerprint density at radius 1 is 1.14 bits per heavy atom. The zero-order valence-corrected chi connectivity index (χ0v) is 13.5. The summed E-state index contributed by atoms with van der Waals surface area (Å²) >= 11 is 6.05. The van der Waals surface area contributed by atoms with Gasteiger partial charge in [0.1, 0.15) is 6.54 Å². The quantitative estimate of drug-likeness (QED) is 0.824. The van der Waals surface area contributed by atoms with Gasteiger partial charge in [-0.3, -0.25) is 9.79 Å². The molecule has 0 fully saturated rings. The number of amides is 1. The fourth-order valence-electron chi connectivity index (χ4n) is 2.09. The van der Waals surface area contributed by atoms with E-state index in [9.17, 15) is 4.79 Å². The molecule has 114 valence electrons. The van der Waals surface area contributed by atoms with Gasteiger partial charge in [-0.05, 0) is 18.2 Å². The summed E-state index contributed by atoms with van der Waals surface area (Å²) in [6.07, 6.45) is 1.25. The molecule has 0 saturated heterocycles. The summed E-state index contributed by atoms with van der Waals surface area (Å²) in [5.74, 6) is -0.116. The van der Waals surface area contributed by atoms with Crippen molar-refractivity contribution in [2.45, 2.75) is 20.3 Å². The molecule has 0 aliphatic carbocycles. The molecule has 0 atom stereocenters. The van der Waals surface area contributed by atoms with Crippen LogP contribution in [0.4, 0.5) is 5.69 Å². The SMILES string of the molecule is CCC.O=C1CN=C(c2ccccc2)c2cc(Cl)ccc2N1. The number of hydrogen-bond donors (Lipinski definition) is 1. The summed E-state index contributed by atoms with van der Waals surface area (Å²) in [5.41, 5.74) is 3.36. The van der Waals surface area contributed by atoms with Crippen LogP contribution in [0.5, 0.6) is 0 Å². The van der Waals surface area contributed by atoms with Gasteiger partial charge in [-0.1, -0.05) is 62.2 Å². The fraction of sp³-hybridized carbons (Fsp3) is 0.222. The second kappa shape index (κ2) is 7.76. The smallest absolute Gasteiger partial charge is 0.246 e. The minimum Gasteiger partial charge on any atom is -0.324 e. The summed E-state index contributed by atoms with van der Waals surface area (Å²) in [6, 6.07) is 15.2. The number of fused-ring (bicyclic) bond motifs is 1. The van der Waals surface area contributed by atoms with Crippen LogP contribution in [-0.2, 0) is 4.79 Å². The van der Waals surface area contributed by atoms with E-state index in [4.69, 9.17) is 11.6 Å². The number of rotatable bonds is 1. The van der Waals surface area contributed by atoms with Gasteiger partial charge in [0, 0.05) is 16.1 Å². The number of carbonyl (C=O) groups excluding carboxylic acids is 1. The Labute approximate surface area is 136 Å². The molecular formula is C18H19ClN2O. The molecule has 2 aromatic carbocycles. The van der Waals surface area contributed by atoms with Crippen LogP contribution in [0, 0.1) is 0 Å². The lowest BCUT2D eigenvalue weighted by atomic mass is 10.0. The van der Waals surface area contributed by atoms with Crippen LogP contribution in [0.15, 0.2) is 53.5 Å². The van der Waals surface area contributed by atoms with E-state index in [1.165, 1.54) is 6.42 Å². The number of nitrogens with one attached hydrogen (secondary N) is 1. The van der Waals surface area contributed by atoms with Crippen molar-refractivity contribution in [2.24, 2.45) is 4.99 Å². The first kappa shape index (κ1) is 16.2. The standard InChI is InChI=1S/C15H11ClN2O.C3H8/c16-11-6-7-13-12(8-11)15(17-9-14(19)18-13)10-4-2-1-3-5-10;1-3-2/h1-8H,9H2,(H,18,19);3H2,1-2H3. The highest BCUT2D eigenvalue weighted by atomic mass is 35.5. The zero-order valence-electron chi connectivity index (χ0n) is 12.8. The van der Waals surface area contributed by atoms with Crippen LogP contribution in [0.25, 0.3) is 0 Å². The first-order chi connectivity index (χ1) is 10.7. The molecular weight excluding hydrogens is 296 g/mol. The van der Waals surface area contributed by atoms with Crippen LogP contribution < -0.4 is 5.32 Å². The molecule has 1 heterocycles. The van der Waals surface area contributed by atoms with Crippen LogP contribution in [0.1, 0.15) is 31.4 Å². The summed E-state index contributed by atoms with van der Waals surface area (Å²) in [4.78, 5) is 16.1. The number of benzodiazepines with no additional fused rings is 1. The van der Waals surface area contributed by atoms with Gasteiger partial charge in [-0.2, -0.15) is 0 Å². The summed E-state index contributed by atoms with van der Waals surface area (Å²) in [6.45, 7) is 4.37. The number of aliphatic imine (C=N–C) groups is 1. The first-order valence-electron chi connectivity index (χ1n) is 7.35. The number of nitrogens with zero attached hydrogens (tertiary/aromatic N) is 1. The topological polar surface area (TPSA) is 41.5 Å². The minimum atomic E-state index is -0.116. The van der Waals surface area contributed by atoms with Gasteiger partial charge in [0.25, 0.3) is 0 Å². The van der Waals surface area contributed by atoms with Crippen LogP contribution in [-0.4, -0.2) is 18.2 Å². The van der Waals surface area contributed by atoms with Crippen molar-refractivity contribution in [3.8, 4) is 0 Å². The van der Waals surface area contributed by atoms with E-state index >= 15 is 0 Å². The molecule has 0 radical (unpaired) electrons. The summed E-state index contributed by atoms with van der Waals surface area (Å²) in [7, 11) is 0. The molecule has 22 heavy (non-hydrogen) atoms. The van der Waals surface area contributed by atoms with E-state index in [1.807, 2.05) is 36.4 Å². The highest BCUT2D eigenvalue weighted by molar-refractivity contribution is 6.31. The van der Waals surface area contributed by atoms with Crippen molar-refractivity contribution in [1.29, 1.82) is 0 Å². The average Bonchev–Trinajstić information content (AvgIpc) is 2.67. The van der Waals surface area contributed by atoms with Crippen molar-refractivity contribution in [3.05, 3.63) is 64.7 Å². The maximum atomic E-state index is 11.7. The number of hydrogen-bond acceptors (Lipinski definition) is 2. The molecule has 4 heteroatoms. The second-order valence-corrected chi connectivity index (χ2v) is 5.41. The van der Waals surface area contributed by atoms with Crippen molar-refractivity contribution in [1.82, 2.24) is 0 Å². The Morgan fingerprint density at radius 2 is 1.82 bits per heavy atom. The van der Waals surface area contributed by atoms with Gasteiger partial charge in [0.15, 0.2) is 0 Å². The molecule has 0 unspecified atom stereocenters. The minimum absolute atomic E-state index is 0.116. The third kappa shape index (κ3) is 3.95. The third-order valence-corrected chi connectivity index (χ3v) is 3.17. The predicted octanol–water partition coefficient (Wildman–Crippen LogP) is 4.55. The largest absolute Gasteiger partial charge is 0.324 e. The molecule has 0 aromatic heterocycles. The number of halogens is 1. The van der Waals surface area contributed by atoms with E-state index in [0.29, 0.717) is 5.02 Å². The van der Waals surface area contributed by atoms with E-state index in [1.54, 1.807) is 12.1 Å². The summed E-state index contributed by atoms with van der Waals surface area (Å²) < 4.78 is 0. The van der Waals surface area contributed by atoms with Crippen molar-refractivity contribution >= 4 is 28.9 Å². The lowest BCUT2D eigenvalue weighted by Gasteiger charge is -2.10. The van der Waals surface area contributed by atoms with E-state index < -0.39 is 0 Å². The molecule has 3 nitrogen and oxygen atoms in total. The third-order valence-electron chi connectivity index (χ3n) is 2.94. The monoisotopic (exact) mass is 314 g/mol.